The lowest BCUT2D eigenvalue weighted by Gasteiger charge is -2.31. The minimum absolute atomic E-state index is 0.214. The summed E-state index contributed by atoms with van der Waals surface area (Å²) < 4.78 is 26.5. The van der Waals surface area contributed by atoms with Crippen molar-refractivity contribution in [1.82, 2.24) is 9.47 Å². The van der Waals surface area contributed by atoms with Crippen LogP contribution in [0.25, 0.3) is 0 Å². The first-order chi connectivity index (χ1) is 16.2. The Morgan fingerprint density at radius 2 is 1.91 bits per heavy atom. The Labute approximate surface area is 195 Å². The summed E-state index contributed by atoms with van der Waals surface area (Å²) in [5.74, 6) is 1.23. The van der Waals surface area contributed by atoms with Crippen molar-refractivity contribution in [3.63, 3.8) is 0 Å². The average Bonchev–Trinajstić information content (AvgIpc) is 3.48. The van der Waals surface area contributed by atoms with Crippen LogP contribution in [0.5, 0.6) is 0 Å². The van der Waals surface area contributed by atoms with Crippen LogP contribution in [0.15, 0.2) is 65.4 Å². The molecular formula is C27H35FN2O3. The van der Waals surface area contributed by atoms with Gasteiger partial charge < -0.3 is 18.8 Å². The third-order valence-corrected chi connectivity index (χ3v) is 6.42. The second-order valence-electron chi connectivity index (χ2n) is 9.20. The molecule has 0 amide bonds. The standard InChI is InChI=1S/C27H35FN2O3/c28-24-12-10-23(11-13-24)17-30-14-4-8-25(30)18-29(16-22-6-2-1-3-7-22)19-26(31)20-32-21-27-9-5-15-33-27/h4-5,8-15,22,26,31H,1-3,6-7,16-21H2/t26-/m0/s1. The smallest absolute Gasteiger partial charge is 0.129 e. The number of furan rings is 1. The van der Waals surface area contributed by atoms with Crippen molar-refractivity contribution in [3.8, 4) is 0 Å². The van der Waals surface area contributed by atoms with E-state index < -0.39 is 6.10 Å². The van der Waals surface area contributed by atoms with E-state index in [2.05, 4.69) is 27.8 Å². The zero-order valence-electron chi connectivity index (χ0n) is 19.2. The van der Waals surface area contributed by atoms with Crippen LogP contribution in [-0.2, 0) is 24.4 Å². The zero-order valence-corrected chi connectivity index (χ0v) is 19.2. The molecule has 2 heterocycles. The maximum Gasteiger partial charge on any atom is 0.129 e. The van der Waals surface area contributed by atoms with E-state index in [-0.39, 0.29) is 12.4 Å². The number of hydrogen-bond donors (Lipinski definition) is 1. The Bertz CT molecular complexity index is 933. The van der Waals surface area contributed by atoms with Crippen LogP contribution in [0.1, 0.15) is 49.1 Å². The molecule has 1 fully saturated rings. The Hall–Kier alpha value is -2.41. The molecule has 0 saturated heterocycles. The van der Waals surface area contributed by atoms with Gasteiger partial charge in [-0.05, 0) is 60.7 Å². The Morgan fingerprint density at radius 1 is 1.09 bits per heavy atom. The van der Waals surface area contributed by atoms with Gasteiger partial charge in [0.25, 0.3) is 0 Å². The number of aromatic nitrogens is 1. The number of hydrogen-bond acceptors (Lipinski definition) is 4. The Kier molecular flexibility index (Phi) is 8.75. The molecule has 0 spiro atoms. The van der Waals surface area contributed by atoms with Crippen molar-refractivity contribution < 1.29 is 18.7 Å². The van der Waals surface area contributed by atoms with E-state index in [1.54, 1.807) is 6.26 Å². The van der Waals surface area contributed by atoms with Crippen molar-refractivity contribution in [2.24, 2.45) is 5.92 Å². The molecule has 5 nitrogen and oxygen atoms in total. The van der Waals surface area contributed by atoms with E-state index in [0.717, 1.165) is 24.4 Å². The molecule has 3 aromatic rings. The van der Waals surface area contributed by atoms with E-state index >= 15 is 0 Å². The van der Waals surface area contributed by atoms with Crippen LogP contribution in [0.2, 0.25) is 0 Å². The van der Waals surface area contributed by atoms with Gasteiger partial charge in [0.15, 0.2) is 0 Å². The second kappa shape index (κ2) is 12.2. The molecule has 6 heteroatoms. The van der Waals surface area contributed by atoms with Crippen LogP contribution >= 0.6 is 0 Å². The zero-order chi connectivity index (χ0) is 22.9. The first kappa shape index (κ1) is 23.7. The number of aliphatic hydroxyl groups excluding tert-OH is 1. The van der Waals surface area contributed by atoms with Crippen LogP contribution in [-0.4, -0.2) is 40.4 Å². The van der Waals surface area contributed by atoms with Crippen molar-refractivity contribution in [3.05, 3.63) is 83.8 Å². The summed E-state index contributed by atoms with van der Waals surface area (Å²) in [6, 6.07) is 14.6. The number of nitrogens with zero attached hydrogens (tertiary/aromatic N) is 2. The SMILES string of the molecule is O[C@H](COCc1ccco1)CN(Cc1cccn1Cc1ccc(F)cc1)CC1CCCCC1. The predicted molar refractivity (Wildman–Crippen MR) is 126 cm³/mol. The summed E-state index contributed by atoms with van der Waals surface area (Å²) in [7, 11) is 0. The maximum atomic E-state index is 13.3. The minimum atomic E-state index is -0.566. The summed E-state index contributed by atoms with van der Waals surface area (Å²) in [4.78, 5) is 2.37. The van der Waals surface area contributed by atoms with E-state index in [4.69, 9.17) is 9.15 Å². The van der Waals surface area contributed by atoms with Crippen LogP contribution in [0.4, 0.5) is 4.39 Å². The lowest BCUT2D eigenvalue weighted by Crippen LogP contribution is -2.38. The molecule has 1 saturated carbocycles. The van der Waals surface area contributed by atoms with E-state index in [9.17, 15) is 9.50 Å². The van der Waals surface area contributed by atoms with Gasteiger partial charge in [-0.1, -0.05) is 31.4 Å². The van der Waals surface area contributed by atoms with E-state index in [1.807, 2.05) is 24.3 Å². The Morgan fingerprint density at radius 3 is 2.67 bits per heavy atom. The van der Waals surface area contributed by atoms with Gasteiger partial charge in [-0.15, -0.1) is 0 Å². The highest BCUT2D eigenvalue weighted by Gasteiger charge is 2.21. The molecule has 1 aliphatic rings. The molecule has 178 valence electrons. The van der Waals surface area contributed by atoms with Crippen LogP contribution in [0, 0.1) is 11.7 Å². The highest BCUT2D eigenvalue weighted by atomic mass is 19.1. The average molecular weight is 455 g/mol. The number of benzene rings is 1. The van der Waals surface area contributed by atoms with Gasteiger partial charge >= 0.3 is 0 Å². The highest BCUT2D eigenvalue weighted by molar-refractivity contribution is 5.18. The molecule has 0 aliphatic heterocycles. The van der Waals surface area contributed by atoms with Gasteiger partial charge in [-0.25, -0.2) is 4.39 Å². The van der Waals surface area contributed by atoms with Gasteiger partial charge in [-0.2, -0.15) is 0 Å². The summed E-state index contributed by atoms with van der Waals surface area (Å²) >= 11 is 0. The third kappa shape index (κ3) is 7.56. The topological polar surface area (TPSA) is 50.8 Å². The van der Waals surface area contributed by atoms with Crippen LogP contribution < -0.4 is 0 Å². The Balaban J connectivity index is 1.36. The fourth-order valence-corrected chi connectivity index (χ4v) is 4.74. The van der Waals surface area contributed by atoms with Gasteiger partial charge in [0.2, 0.25) is 0 Å². The first-order valence-electron chi connectivity index (χ1n) is 12.0. The summed E-state index contributed by atoms with van der Waals surface area (Å²) in [5, 5.41) is 10.7. The van der Waals surface area contributed by atoms with Gasteiger partial charge in [0.05, 0.1) is 19.0 Å². The van der Waals surface area contributed by atoms with E-state index in [0.29, 0.717) is 25.6 Å². The lowest BCUT2D eigenvalue weighted by molar-refractivity contribution is 0.000333. The molecule has 1 aromatic carbocycles. The third-order valence-electron chi connectivity index (χ3n) is 6.42. The monoisotopic (exact) mass is 454 g/mol. The van der Waals surface area contributed by atoms with E-state index in [1.165, 1.54) is 49.9 Å². The quantitative estimate of drug-likeness (QED) is 0.407. The fraction of sp³-hybridized carbons (Fsp3) is 0.481. The first-order valence-corrected chi connectivity index (χ1v) is 12.0. The molecule has 2 aromatic heterocycles. The van der Waals surface area contributed by atoms with Gasteiger partial charge in [0.1, 0.15) is 18.2 Å². The van der Waals surface area contributed by atoms with Crippen LogP contribution in [0.3, 0.4) is 0 Å². The molecule has 0 unspecified atom stereocenters. The molecule has 0 bridgehead atoms. The molecule has 1 aliphatic carbocycles. The number of rotatable bonds is 12. The normalized spacial score (nSPS) is 15.8. The second-order valence-corrected chi connectivity index (χ2v) is 9.20. The molecule has 33 heavy (non-hydrogen) atoms. The van der Waals surface area contributed by atoms with Gasteiger partial charge in [-0.3, -0.25) is 4.90 Å². The number of aliphatic hydroxyl groups is 1. The fourth-order valence-electron chi connectivity index (χ4n) is 4.74. The molecule has 0 radical (unpaired) electrons. The lowest BCUT2D eigenvalue weighted by atomic mass is 9.89. The summed E-state index contributed by atoms with van der Waals surface area (Å²) in [6.45, 7) is 3.66. The highest BCUT2D eigenvalue weighted by Crippen LogP contribution is 2.25. The van der Waals surface area contributed by atoms with Crippen molar-refractivity contribution in [2.45, 2.75) is 57.9 Å². The molecular weight excluding hydrogens is 419 g/mol. The van der Waals surface area contributed by atoms with Gasteiger partial charge in [0, 0.05) is 38.1 Å². The molecule has 1 N–H and O–H groups in total. The minimum Gasteiger partial charge on any atom is -0.467 e. The van der Waals surface area contributed by atoms with Crippen molar-refractivity contribution >= 4 is 0 Å². The largest absolute Gasteiger partial charge is 0.467 e. The summed E-state index contributed by atoms with van der Waals surface area (Å²) in [6.07, 6.45) is 9.59. The van der Waals surface area contributed by atoms with Crippen molar-refractivity contribution in [1.29, 1.82) is 0 Å². The maximum absolute atomic E-state index is 13.3. The van der Waals surface area contributed by atoms with Crippen molar-refractivity contribution in [2.75, 3.05) is 19.7 Å². The number of halogens is 1. The molecule has 1 atom stereocenters. The molecule has 4 rings (SSSR count). The predicted octanol–water partition coefficient (Wildman–Crippen LogP) is 5.23. The summed E-state index contributed by atoms with van der Waals surface area (Å²) in [5.41, 5.74) is 2.26. The number of ether oxygens (including phenoxy) is 1.